The fourth-order valence-corrected chi connectivity index (χ4v) is 2.76. The summed E-state index contributed by atoms with van der Waals surface area (Å²) in [6.07, 6.45) is -4.94. The van der Waals surface area contributed by atoms with Crippen molar-refractivity contribution in [3.8, 4) is 6.07 Å². The van der Waals surface area contributed by atoms with Crippen molar-refractivity contribution in [2.24, 2.45) is 0 Å². The average molecular weight is 432 g/mol. The number of nitrogens with zero attached hydrogens (tertiary/aromatic N) is 1. The first-order chi connectivity index (χ1) is 13.0. The molecule has 2 rings (SSSR count). The molecule has 5 nitrogen and oxygen atoms in total. The third-order valence-corrected chi connectivity index (χ3v) is 4.53. The lowest BCUT2D eigenvalue weighted by Crippen LogP contribution is -2.39. The second kappa shape index (κ2) is 8.27. The van der Waals surface area contributed by atoms with Gasteiger partial charge >= 0.3 is 12.2 Å². The number of aliphatic hydroxyl groups is 1. The molecule has 0 aliphatic rings. The van der Waals surface area contributed by atoms with Crippen molar-refractivity contribution >= 4 is 34.9 Å². The number of anilines is 1. The summed E-state index contributed by atoms with van der Waals surface area (Å²) in [5.41, 5.74) is -2.61. The normalized spacial score (nSPS) is 13.4. The number of nitrogens with one attached hydrogen (secondary N) is 2. The molecule has 2 amide bonds. The van der Waals surface area contributed by atoms with Crippen LogP contribution in [0.15, 0.2) is 36.4 Å². The summed E-state index contributed by atoms with van der Waals surface area (Å²) in [5, 5.41) is 22.8. The van der Waals surface area contributed by atoms with Gasteiger partial charge in [-0.25, -0.2) is 4.79 Å². The zero-order chi connectivity index (χ0) is 21.1. The fourth-order valence-electron chi connectivity index (χ4n) is 2.17. The number of benzene rings is 2. The number of nitriles is 1. The second-order valence-corrected chi connectivity index (χ2v) is 6.82. The number of hydrogen-bond acceptors (Lipinski definition) is 3. The zero-order valence-corrected chi connectivity index (χ0v) is 15.9. The van der Waals surface area contributed by atoms with Crippen LogP contribution < -0.4 is 10.6 Å². The van der Waals surface area contributed by atoms with E-state index in [-0.39, 0.29) is 22.3 Å². The summed E-state index contributed by atoms with van der Waals surface area (Å²) >= 11 is 11.9. The van der Waals surface area contributed by atoms with Gasteiger partial charge in [0.1, 0.15) is 0 Å². The van der Waals surface area contributed by atoms with Crippen molar-refractivity contribution in [2.75, 3.05) is 5.32 Å². The van der Waals surface area contributed by atoms with Crippen LogP contribution in [0.4, 0.5) is 23.7 Å². The Bertz CT molecular complexity index is 900. The number of carbonyl (C=O) groups excluding carboxylic acids is 1. The zero-order valence-electron chi connectivity index (χ0n) is 14.4. The maximum atomic E-state index is 13.0. The molecule has 0 fully saturated rings. The third kappa shape index (κ3) is 4.87. The molecule has 0 aliphatic carbocycles. The van der Waals surface area contributed by atoms with Gasteiger partial charge in [0.05, 0.1) is 27.4 Å². The molecular weight excluding hydrogens is 418 g/mol. The van der Waals surface area contributed by atoms with Crippen molar-refractivity contribution in [1.82, 2.24) is 5.32 Å². The number of halogens is 5. The van der Waals surface area contributed by atoms with Crippen molar-refractivity contribution in [3.05, 3.63) is 63.1 Å². The van der Waals surface area contributed by atoms with Gasteiger partial charge in [0, 0.05) is 6.54 Å². The lowest BCUT2D eigenvalue weighted by molar-refractivity contribution is -0.258. The molecule has 0 spiro atoms. The molecule has 3 N–H and O–H groups in total. The summed E-state index contributed by atoms with van der Waals surface area (Å²) in [5.74, 6) is 0. The van der Waals surface area contributed by atoms with Gasteiger partial charge in [-0.05, 0) is 42.3 Å². The van der Waals surface area contributed by atoms with Crippen molar-refractivity contribution in [2.45, 2.75) is 25.2 Å². The van der Waals surface area contributed by atoms with E-state index in [4.69, 9.17) is 28.5 Å². The van der Waals surface area contributed by atoms with E-state index >= 15 is 0 Å². The van der Waals surface area contributed by atoms with Crippen LogP contribution in [0.5, 0.6) is 0 Å². The quantitative estimate of drug-likeness (QED) is 0.639. The number of urea groups is 1. The van der Waals surface area contributed by atoms with Gasteiger partial charge in [-0.15, -0.1) is 0 Å². The fraction of sp³-hybridized carbons (Fsp3) is 0.222. The molecule has 28 heavy (non-hydrogen) atoms. The standard InChI is InChI=1S/C18H14Cl2F3N3O2/c1-17(28,18(21,22)23)12-6-13(19)15(14(20)7-12)26-16(27)25-9-11-4-2-10(8-24)3-5-11/h2-7,28H,9H2,1H3,(H2,25,26,27). The van der Waals surface area contributed by atoms with Crippen LogP contribution in [0.3, 0.4) is 0 Å². The minimum Gasteiger partial charge on any atom is -0.376 e. The number of rotatable bonds is 4. The Kier molecular flexibility index (Phi) is 6.44. The summed E-state index contributed by atoms with van der Waals surface area (Å²) in [7, 11) is 0. The molecule has 1 atom stereocenters. The van der Waals surface area contributed by atoms with Gasteiger partial charge in [-0.1, -0.05) is 35.3 Å². The van der Waals surface area contributed by atoms with Crippen LogP contribution >= 0.6 is 23.2 Å². The van der Waals surface area contributed by atoms with Gasteiger partial charge in [0.15, 0.2) is 5.60 Å². The molecule has 0 aromatic heterocycles. The number of carbonyl (C=O) groups is 1. The van der Waals surface area contributed by atoms with Crippen molar-refractivity contribution in [3.63, 3.8) is 0 Å². The molecule has 0 aliphatic heterocycles. The number of amides is 2. The van der Waals surface area contributed by atoms with E-state index < -0.39 is 23.4 Å². The summed E-state index contributed by atoms with van der Waals surface area (Å²) < 4.78 is 38.9. The van der Waals surface area contributed by atoms with E-state index in [2.05, 4.69) is 10.6 Å². The van der Waals surface area contributed by atoms with E-state index in [0.717, 1.165) is 17.7 Å². The Hall–Kier alpha value is -2.47. The monoisotopic (exact) mass is 431 g/mol. The van der Waals surface area contributed by atoms with Gasteiger partial charge < -0.3 is 15.7 Å². The van der Waals surface area contributed by atoms with Gasteiger partial charge in [-0.2, -0.15) is 18.4 Å². The lowest BCUT2D eigenvalue weighted by atomic mass is 9.95. The first-order valence-electron chi connectivity index (χ1n) is 7.78. The highest BCUT2D eigenvalue weighted by atomic mass is 35.5. The number of hydrogen-bond donors (Lipinski definition) is 3. The maximum absolute atomic E-state index is 13.0. The van der Waals surface area contributed by atoms with Crippen LogP contribution in [0.1, 0.15) is 23.6 Å². The van der Waals surface area contributed by atoms with E-state index in [1.54, 1.807) is 24.3 Å². The highest BCUT2D eigenvalue weighted by Crippen LogP contribution is 2.42. The Morgan fingerprint density at radius 3 is 2.18 bits per heavy atom. The Labute approximate surface area is 168 Å². The van der Waals surface area contributed by atoms with Crippen LogP contribution in [-0.2, 0) is 12.1 Å². The lowest BCUT2D eigenvalue weighted by Gasteiger charge is -2.27. The summed E-state index contributed by atoms with van der Waals surface area (Å²) in [6, 6.07) is 9.55. The minimum atomic E-state index is -4.94. The molecule has 0 heterocycles. The number of alkyl halides is 3. The average Bonchev–Trinajstić information content (AvgIpc) is 2.62. The van der Waals surface area contributed by atoms with Gasteiger partial charge in [0.25, 0.3) is 0 Å². The smallest absolute Gasteiger partial charge is 0.376 e. The molecular formula is C18H14Cl2F3N3O2. The highest BCUT2D eigenvalue weighted by molar-refractivity contribution is 6.39. The van der Waals surface area contributed by atoms with Crippen LogP contribution in [-0.4, -0.2) is 17.3 Å². The van der Waals surface area contributed by atoms with E-state index in [1.165, 1.54) is 0 Å². The second-order valence-electron chi connectivity index (χ2n) is 6.00. The van der Waals surface area contributed by atoms with E-state index in [1.807, 2.05) is 6.07 Å². The van der Waals surface area contributed by atoms with Gasteiger partial charge in [0.2, 0.25) is 0 Å². The summed E-state index contributed by atoms with van der Waals surface area (Å²) in [6.45, 7) is 0.708. The Morgan fingerprint density at radius 1 is 1.18 bits per heavy atom. The van der Waals surface area contributed by atoms with Crippen molar-refractivity contribution < 1.29 is 23.1 Å². The molecule has 2 aromatic carbocycles. The topological polar surface area (TPSA) is 85.2 Å². The van der Waals surface area contributed by atoms with Crippen LogP contribution in [0, 0.1) is 11.3 Å². The maximum Gasteiger partial charge on any atom is 0.421 e. The predicted octanol–water partition coefficient (Wildman–Crippen LogP) is 4.96. The SMILES string of the molecule is CC(O)(c1cc(Cl)c(NC(=O)NCc2ccc(C#N)cc2)c(Cl)c1)C(F)(F)F. The van der Waals surface area contributed by atoms with E-state index in [9.17, 15) is 23.1 Å². The highest BCUT2D eigenvalue weighted by Gasteiger charge is 2.51. The molecule has 0 bridgehead atoms. The molecule has 2 aromatic rings. The third-order valence-electron chi connectivity index (χ3n) is 3.93. The molecule has 0 radical (unpaired) electrons. The summed E-state index contributed by atoms with van der Waals surface area (Å²) in [4.78, 5) is 12.0. The van der Waals surface area contributed by atoms with E-state index in [0.29, 0.717) is 12.5 Å². The predicted molar refractivity (Wildman–Crippen MR) is 99.1 cm³/mol. The Balaban J connectivity index is 2.11. The largest absolute Gasteiger partial charge is 0.421 e. The van der Waals surface area contributed by atoms with Crippen LogP contribution in [0.25, 0.3) is 0 Å². The molecule has 148 valence electrons. The van der Waals surface area contributed by atoms with Gasteiger partial charge in [-0.3, -0.25) is 0 Å². The van der Waals surface area contributed by atoms with Crippen molar-refractivity contribution in [1.29, 1.82) is 5.26 Å². The molecule has 0 saturated heterocycles. The Morgan fingerprint density at radius 2 is 1.71 bits per heavy atom. The molecule has 0 saturated carbocycles. The first-order valence-corrected chi connectivity index (χ1v) is 8.54. The van der Waals surface area contributed by atoms with Crippen LogP contribution in [0.2, 0.25) is 10.0 Å². The minimum absolute atomic E-state index is 0.0950. The first kappa shape index (κ1) is 21.8. The molecule has 1 unspecified atom stereocenters. The molecule has 10 heteroatoms.